The number of piperidine rings is 1. The van der Waals surface area contributed by atoms with E-state index in [1.807, 2.05) is 26.0 Å². The first-order valence-electron chi connectivity index (χ1n) is 7.11. The molecular formula is C16H21NO4. The highest BCUT2D eigenvalue weighted by atomic mass is 16.5. The van der Waals surface area contributed by atoms with Crippen LogP contribution in [0.2, 0.25) is 0 Å². The van der Waals surface area contributed by atoms with Crippen molar-refractivity contribution >= 4 is 11.9 Å². The number of rotatable bonds is 3. The molecule has 2 rings (SSSR count). The van der Waals surface area contributed by atoms with Crippen LogP contribution in [0.4, 0.5) is 0 Å². The molecule has 1 aromatic carbocycles. The molecule has 0 spiro atoms. The van der Waals surface area contributed by atoms with E-state index < -0.39 is 5.97 Å². The van der Waals surface area contributed by atoms with Gasteiger partial charge < -0.3 is 14.7 Å². The molecule has 1 aromatic rings. The highest BCUT2D eigenvalue weighted by molar-refractivity contribution is 5.95. The third-order valence-electron chi connectivity index (χ3n) is 4.04. The Morgan fingerprint density at radius 3 is 2.14 bits per heavy atom. The second-order valence-corrected chi connectivity index (χ2v) is 5.55. The largest absolute Gasteiger partial charge is 0.496 e. The van der Waals surface area contributed by atoms with Crippen LogP contribution in [-0.2, 0) is 4.79 Å². The molecule has 0 saturated carbocycles. The van der Waals surface area contributed by atoms with Gasteiger partial charge in [-0.3, -0.25) is 9.59 Å². The summed E-state index contributed by atoms with van der Waals surface area (Å²) in [6, 6.07) is 3.66. The van der Waals surface area contributed by atoms with Gasteiger partial charge in [-0.15, -0.1) is 0 Å². The van der Waals surface area contributed by atoms with E-state index in [1.165, 1.54) is 0 Å². The fourth-order valence-electron chi connectivity index (χ4n) is 2.91. The zero-order valence-corrected chi connectivity index (χ0v) is 12.7. The summed E-state index contributed by atoms with van der Waals surface area (Å²) in [7, 11) is 1.62. The van der Waals surface area contributed by atoms with Gasteiger partial charge in [0.15, 0.2) is 0 Å². The van der Waals surface area contributed by atoms with Gasteiger partial charge in [0.2, 0.25) is 0 Å². The molecule has 1 aliphatic rings. The van der Waals surface area contributed by atoms with E-state index in [2.05, 4.69) is 0 Å². The van der Waals surface area contributed by atoms with Crippen molar-refractivity contribution in [2.75, 3.05) is 20.2 Å². The number of amides is 1. The number of benzene rings is 1. The third-order valence-corrected chi connectivity index (χ3v) is 4.04. The van der Waals surface area contributed by atoms with Crippen LogP contribution in [0, 0.1) is 19.8 Å². The third kappa shape index (κ3) is 3.17. The molecule has 1 heterocycles. The van der Waals surface area contributed by atoms with Gasteiger partial charge in [0.25, 0.3) is 5.91 Å². The average Bonchev–Trinajstić information content (AvgIpc) is 2.46. The molecule has 0 atom stereocenters. The molecule has 0 aromatic heterocycles. The van der Waals surface area contributed by atoms with Crippen LogP contribution in [0.25, 0.3) is 0 Å². The minimum atomic E-state index is -0.766. The summed E-state index contributed by atoms with van der Waals surface area (Å²) < 4.78 is 5.31. The lowest BCUT2D eigenvalue weighted by molar-refractivity contribution is -0.143. The summed E-state index contributed by atoms with van der Waals surface area (Å²) in [6.07, 6.45) is 1.05. The van der Waals surface area contributed by atoms with Gasteiger partial charge in [-0.25, -0.2) is 0 Å². The number of carbonyl (C=O) groups is 2. The van der Waals surface area contributed by atoms with E-state index in [0.29, 0.717) is 31.5 Å². The molecular weight excluding hydrogens is 270 g/mol. The van der Waals surface area contributed by atoms with E-state index in [9.17, 15) is 9.59 Å². The molecule has 1 saturated heterocycles. The predicted molar refractivity (Wildman–Crippen MR) is 78.7 cm³/mol. The normalized spacial score (nSPS) is 15.9. The maximum absolute atomic E-state index is 12.5. The summed E-state index contributed by atoms with van der Waals surface area (Å²) in [5, 5.41) is 8.99. The molecule has 5 nitrogen and oxygen atoms in total. The number of carbonyl (C=O) groups excluding carboxylic acids is 1. The number of carboxylic acid groups (broad SMARTS) is 1. The van der Waals surface area contributed by atoms with Gasteiger partial charge in [-0.1, -0.05) is 0 Å². The van der Waals surface area contributed by atoms with Crippen LogP contribution in [0.1, 0.15) is 34.3 Å². The molecule has 114 valence electrons. The lowest BCUT2D eigenvalue weighted by Crippen LogP contribution is -2.40. The Bertz CT molecular complexity index is 536. The van der Waals surface area contributed by atoms with Gasteiger partial charge >= 0.3 is 5.97 Å². The monoisotopic (exact) mass is 291 g/mol. The van der Waals surface area contributed by atoms with Gasteiger partial charge in [0.1, 0.15) is 5.75 Å². The van der Waals surface area contributed by atoms with E-state index in [0.717, 1.165) is 16.9 Å². The van der Waals surface area contributed by atoms with Crippen molar-refractivity contribution in [3.05, 3.63) is 28.8 Å². The molecule has 0 unspecified atom stereocenters. The van der Waals surface area contributed by atoms with Crippen LogP contribution < -0.4 is 4.74 Å². The van der Waals surface area contributed by atoms with Gasteiger partial charge in [-0.05, 0) is 49.9 Å². The van der Waals surface area contributed by atoms with E-state index in [1.54, 1.807) is 12.0 Å². The van der Waals surface area contributed by atoms with Crippen molar-refractivity contribution in [2.45, 2.75) is 26.7 Å². The van der Waals surface area contributed by atoms with Crippen LogP contribution in [-0.4, -0.2) is 42.1 Å². The first-order chi connectivity index (χ1) is 9.93. The average molecular weight is 291 g/mol. The lowest BCUT2D eigenvalue weighted by atomic mass is 9.96. The first-order valence-corrected chi connectivity index (χ1v) is 7.11. The highest BCUT2D eigenvalue weighted by Gasteiger charge is 2.27. The molecule has 21 heavy (non-hydrogen) atoms. The Labute approximate surface area is 124 Å². The van der Waals surface area contributed by atoms with Crippen molar-refractivity contribution in [1.29, 1.82) is 0 Å². The molecule has 0 aliphatic carbocycles. The first kappa shape index (κ1) is 15.4. The Kier molecular flexibility index (Phi) is 4.50. The second-order valence-electron chi connectivity index (χ2n) is 5.55. The maximum atomic E-state index is 12.5. The summed E-state index contributed by atoms with van der Waals surface area (Å²) in [5.41, 5.74) is 2.50. The van der Waals surface area contributed by atoms with Crippen molar-refractivity contribution in [2.24, 2.45) is 5.92 Å². The van der Waals surface area contributed by atoms with Gasteiger partial charge in [0, 0.05) is 18.7 Å². The summed E-state index contributed by atoms with van der Waals surface area (Å²) in [6.45, 7) is 4.83. The number of nitrogens with zero attached hydrogens (tertiary/aromatic N) is 1. The molecule has 0 radical (unpaired) electrons. The minimum Gasteiger partial charge on any atom is -0.496 e. The van der Waals surface area contributed by atoms with Crippen LogP contribution >= 0.6 is 0 Å². The Balaban J connectivity index is 2.13. The van der Waals surface area contributed by atoms with Gasteiger partial charge in [-0.2, -0.15) is 0 Å². The van der Waals surface area contributed by atoms with E-state index >= 15 is 0 Å². The van der Waals surface area contributed by atoms with E-state index in [4.69, 9.17) is 9.84 Å². The zero-order chi connectivity index (χ0) is 15.6. The number of carboxylic acids is 1. The standard InChI is InChI=1S/C16H21NO4/c1-10-8-13(9-11(2)14(10)21-3)15(18)17-6-4-12(5-7-17)16(19)20/h8-9,12H,4-7H2,1-3H3,(H,19,20). The van der Waals surface area contributed by atoms with Crippen molar-refractivity contribution < 1.29 is 19.4 Å². The van der Waals surface area contributed by atoms with Gasteiger partial charge in [0.05, 0.1) is 13.0 Å². The van der Waals surface area contributed by atoms with Crippen molar-refractivity contribution in [3.8, 4) is 5.75 Å². The molecule has 1 amide bonds. The molecule has 1 aliphatic heterocycles. The van der Waals surface area contributed by atoms with Crippen molar-refractivity contribution in [1.82, 2.24) is 4.90 Å². The molecule has 1 N–H and O–H groups in total. The summed E-state index contributed by atoms with van der Waals surface area (Å²) >= 11 is 0. The maximum Gasteiger partial charge on any atom is 0.306 e. The predicted octanol–water partition coefficient (Wildman–Crippen LogP) is 2.25. The minimum absolute atomic E-state index is 0.0345. The van der Waals surface area contributed by atoms with Crippen LogP contribution in [0.5, 0.6) is 5.75 Å². The number of likely N-dealkylation sites (tertiary alicyclic amines) is 1. The second kappa shape index (κ2) is 6.16. The summed E-state index contributed by atoms with van der Waals surface area (Å²) in [5.74, 6) is -0.324. The zero-order valence-electron chi connectivity index (χ0n) is 12.7. The Hall–Kier alpha value is -2.04. The van der Waals surface area contributed by atoms with Crippen LogP contribution in [0.3, 0.4) is 0 Å². The smallest absolute Gasteiger partial charge is 0.306 e. The number of ether oxygens (including phenoxy) is 1. The molecule has 5 heteroatoms. The van der Waals surface area contributed by atoms with Crippen molar-refractivity contribution in [3.63, 3.8) is 0 Å². The fourth-order valence-corrected chi connectivity index (χ4v) is 2.91. The van der Waals surface area contributed by atoms with Crippen LogP contribution in [0.15, 0.2) is 12.1 Å². The lowest BCUT2D eigenvalue weighted by Gasteiger charge is -2.30. The Morgan fingerprint density at radius 2 is 1.71 bits per heavy atom. The molecule has 1 fully saturated rings. The number of aliphatic carboxylic acids is 1. The quantitative estimate of drug-likeness (QED) is 0.927. The summed E-state index contributed by atoms with van der Waals surface area (Å²) in [4.78, 5) is 25.2. The SMILES string of the molecule is COc1c(C)cc(C(=O)N2CCC(C(=O)O)CC2)cc1C. The topological polar surface area (TPSA) is 66.8 Å². The molecule has 0 bridgehead atoms. The Morgan fingerprint density at radius 1 is 1.19 bits per heavy atom. The highest BCUT2D eigenvalue weighted by Crippen LogP contribution is 2.26. The number of hydrogen-bond donors (Lipinski definition) is 1. The number of hydrogen-bond acceptors (Lipinski definition) is 3. The number of aryl methyl sites for hydroxylation is 2. The fraction of sp³-hybridized carbons (Fsp3) is 0.500. The van der Waals surface area contributed by atoms with E-state index in [-0.39, 0.29) is 11.8 Å². The number of methoxy groups -OCH3 is 1.